The highest BCUT2D eigenvalue weighted by Gasteiger charge is 2.18. The first kappa shape index (κ1) is 13.2. The minimum atomic E-state index is -0.885. The molecule has 92 valence electrons. The number of aliphatic carboxylic acids is 1. The SMILES string of the molecule is CC(=O)N(Cc1ccccc1)CC(C)C(=O)O. The number of hydrogen-bond acceptors (Lipinski definition) is 2. The number of carboxylic acids is 1. The van der Waals surface area contributed by atoms with E-state index in [1.54, 1.807) is 11.8 Å². The molecule has 1 atom stereocenters. The van der Waals surface area contributed by atoms with Gasteiger partial charge in [-0.05, 0) is 5.56 Å². The van der Waals surface area contributed by atoms with Gasteiger partial charge in [-0.3, -0.25) is 9.59 Å². The molecule has 0 bridgehead atoms. The van der Waals surface area contributed by atoms with E-state index in [9.17, 15) is 9.59 Å². The van der Waals surface area contributed by atoms with Gasteiger partial charge in [0, 0.05) is 20.0 Å². The summed E-state index contributed by atoms with van der Waals surface area (Å²) in [4.78, 5) is 23.8. The van der Waals surface area contributed by atoms with Gasteiger partial charge in [0.2, 0.25) is 5.91 Å². The molecule has 0 aliphatic carbocycles. The molecule has 4 heteroatoms. The van der Waals surface area contributed by atoms with Crippen molar-refractivity contribution in [1.29, 1.82) is 0 Å². The summed E-state index contributed by atoms with van der Waals surface area (Å²) in [6.07, 6.45) is 0. The number of nitrogens with zero attached hydrogens (tertiary/aromatic N) is 1. The number of hydrogen-bond donors (Lipinski definition) is 1. The van der Waals surface area contributed by atoms with Gasteiger partial charge in [-0.25, -0.2) is 0 Å². The monoisotopic (exact) mass is 235 g/mol. The molecule has 1 rings (SSSR count). The summed E-state index contributed by atoms with van der Waals surface area (Å²) in [6.45, 7) is 3.74. The summed E-state index contributed by atoms with van der Waals surface area (Å²) in [6, 6.07) is 9.53. The van der Waals surface area contributed by atoms with Crippen LogP contribution in [-0.4, -0.2) is 28.4 Å². The molecular weight excluding hydrogens is 218 g/mol. The molecule has 17 heavy (non-hydrogen) atoms. The van der Waals surface area contributed by atoms with E-state index in [4.69, 9.17) is 5.11 Å². The lowest BCUT2D eigenvalue weighted by molar-refractivity contribution is -0.142. The van der Waals surface area contributed by atoms with Crippen molar-refractivity contribution in [2.75, 3.05) is 6.54 Å². The maximum Gasteiger partial charge on any atom is 0.308 e. The van der Waals surface area contributed by atoms with Gasteiger partial charge in [-0.15, -0.1) is 0 Å². The van der Waals surface area contributed by atoms with E-state index in [1.165, 1.54) is 6.92 Å². The number of amides is 1. The quantitative estimate of drug-likeness (QED) is 0.846. The van der Waals surface area contributed by atoms with Crippen molar-refractivity contribution in [2.45, 2.75) is 20.4 Å². The first-order valence-electron chi connectivity index (χ1n) is 5.53. The fourth-order valence-electron chi connectivity index (χ4n) is 1.52. The van der Waals surface area contributed by atoms with Gasteiger partial charge in [-0.2, -0.15) is 0 Å². The minimum Gasteiger partial charge on any atom is -0.481 e. The van der Waals surface area contributed by atoms with E-state index in [0.717, 1.165) is 5.56 Å². The van der Waals surface area contributed by atoms with Gasteiger partial charge in [0.1, 0.15) is 0 Å². The van der Waals surface area contributed by atoms with E-state index >= 15 is 0 Å². The first-order valence-corrected chi connectivity index (χ1v) is 5.53. The number of carbonyl (C=O) groups excluding carboxylic acids is 1. The summed E-state index contributed by atoms with van der Waals surface area (Å²) in [5, 5.41) is 8.84. The van der Waals surface area contributed by atoms with Crippen LogP contribution in [0.3, 0.4) is 0 Å². The van der Waals surface area contributed by atoms with E-state index in [1.807, 2.05) is 30.3 Å². The van der Waals surface area contributed by atoms with Gasteiger partial charge in [0.15, 0.2) is 0 Å². The number of carboxylic acid groups (broad SMARTS) is 1. The third-order valence-electron chi connectivity index (χ3n) is 2.58. The first-order chi connectivity index (χ1) is 8.00. The highest BCUT2D eigenvalue weighted by molar-refractivity contribution is 5.75. The molecule has 4 nitrogen and oxygen atoms in total. The van der Waals surface area contributed by atoms with Crippen molar-refractivity contribution >= 4 is 11.9 Å². The average molecular weight is 235 g/mol. The fourth-order valence-corrected chi connectivity index (χ4v) is 1.52. The largest absolute Gasteiger partial charge is 0.481 e. The highest BCUT2D eigenvalue weighted by atomic mass is 16.4. The van der Waals surface area contributed by atoms with Crippen molar-refractivity contribution in [3.05, 3.63) is 35.9 Å². The Balaban J connectivity index is 2.67. The lowest BCUT2D eigenvalue weighted by atomic mass is 10.1. The van der Waals surface area contributed by atoms with E-state index in [2.05, 4.69) is 0 Å². The lowest BCUT2D eigenvalue weighted by Crippen LogP contribution is -2.34. The minimum absolute atomic E-state index is 0.109. The third kappa shape index (κ3) is 4.26. The maximum absolute atomic E-state index is 11.4. The highest BCUT2D eigenvalue weighted by Crippen LogP contribution is 2.08. The van der Waals surface area contributed by atoms with Crippen LogP contribution in [0.5, 0.6) is 0 Å². The Morgan fingerprint density at radius 1 is 1.29 bits per heavy atom. The molecule has 0 aliphatic rings. The molecule has 0 saturated carbocycles. The standard InChI is InChI=1S/C13H17NO3/c1-10(13(16)17)8-14(11(2)15)9-12-6-4-3-5-7-12/h3-7,10H,8-9H2,1-2H3,(H,16,17). The van der Waals surface area contributed by atoms with Crippen molar-refractivity contribution in [2.24, 2.45) is 5.92 Å². The van der Waals surface area contributed by atoms with Crippen molar-refractivity contribution < 1.29 is 14.7 Å². The third-order valence-corrected chi connectivity index (χ3v) is 2.58. The molecule has 0 spiro atoms. The summed E-state index contributed by atoms with van der Waals surface area (Å²) >= 11 is 0. The molecule has 0 aliphatic heterocycles. The van der Waals surface area contributed by atoms with Crippen molar-refractivity contribution in [1.82, 2.24) is 4.90 Å². The smallest absolute Gasteiger partial charge is 0.308 e. The fraction of sp³-hybridized carbons (Fsp3) is 0.385. The van der Waals surface area contributed by atoms with Crippen molar-refractivity contribution in [3.63, 3.8) is 0 Å². The number of benzene rings is 1. The Morgan fingerprint density at radius 3 is 2.35 bits per heavy atom. The van der Waals surface area contributed by atoms with Gasteiger partial charge in [0.25, 0.3) is 0 Å². The molecular formula is C13H17NO3. The predicted molar refractivity (Wildman–Crippen MR) is 64.3 cm³/mol. The van der Waals surface area contributed by atoms with Gasteiger partial charge >= 0.3 is 5.97 Å². The molecule has 1 aromatic rings. The zero-order valence-corrected chi connectivity index (χ0v) is 10.1. The van der Waals surface area contributed by atoms with Gasteiger partial charge < -0.3 is 10.0 Å². The van der Waals surface area contributed by atoms with Gasteiger partial charge in [0.05, 0.1) is 5.92 Å². The second-order valence-electron chi connectivity index (χ2n) is 4.12. The molecule has 0 aromatic heterocycles. The van der Waals surface area contributed by atoms with Crippen LogP contribution < -0.4 is 0 Å². The van der Waals surface area contributed by atoms with E-state index in [-0.39, 0.29) is 12.5 Å². The Morgan fingerprint density at radius 2 is 1.88 bits per heavy atom. The second kappa shape index (κ2) is 6.03. The van der Waals surface area contributed by atoms with Crippen molar-refractivity contribution in [3.8, 4) is 0 Å². The van der Waals surface area contributed by atoms with Crippen LogP contribution in [0.4, 0.5) is 0 Å². The van der Waals surface area contributed by atoms with Gasteiger partial charge in [-0.1, -0.05) is 37.3 Å². The molecule has 0 heterocycles. The van der Waals surface area contributed by atoms with Crippen LogP contribution >= 0.6 is 0 Å². The van der Waals surface area contributed by atoms with Crippen LogP contribution in [0.1, 0.15) is 19.4 Å². The molecule has 1 aromatic carbocycles. The second-order valence-corrected chi connectivity index (χ2v) is 4.12. The summed E-state index contributed by atoms with van der Waals surface area (Å²) < 4.78 is 0. The Bertz CT molecular complexity index is 389. The average Bonchev–Trinajstić information content (AvgIpc) is 2.29. The lowest BCUT2D eigenvalue weighted by Gasteiger charge is -2.23. The molecule has 0 radical (unpaired) electrons. The summed E-state index contributed by atoms with van der Waals surface area (Å²) in [5.41, 5.74) is 1.00. The predicted octanol–water partition coefficient (Wildman–Crippen LogP) is 1.76. The van der Waals surface area contributed by atoms with Crippen LogP contribution in [0.2, 0.25) is 0 Å². The number of carbonyl (C=O) groups is 2. The van der Waals surface area contributed by atoms with Crippen LogP contribution in [0.15, 0.2) is 30.3 Å². The Hall–Kier alpha value is -1.84. The Kier molecular flexibility index (Phi) is 4.69. The molecule has 1 N–H and O–H groups in total. The zero-order valence-electron chi connectivity index (χ0n) is 10.1. The topological polar surface area (TPSA) is 57.6 Å². The molecule has 1 amide bonds. The number of rotatable bonds is 5. The summed E-state index contributed by atoms with van der Waals surface area (Å²) in [7, 11) is 0. The Labute approximate surface area is 101 Å². The van der Waals surface area contributed by atoms with Crippen LogP contribution in [0, 0.1) is 5.92 Å². The molecule has 0 fully saturated rings. The van der Waals surface area contributed by atoms with E-state index < -0.39 is 11.9 Å². The molecule has 1 unspecified atom stereocenters. The normalized spacial score (nSPS) is 11.9. The van der Waals surface area contributed by atoms with Crippen LogP contribution in [-0.2, 0) is 16.1 Å². The summed E-state index contributed by atoms with van der Waals surface area (Å²) in [5.74, 6) is -1.55. The van der Waals surface area contributed by atoms with E-state index in [0.29, 0.717) is 6.54 Å². The maximum atomic E-state index is 11.4. The van der Waals surface area contributed by atoms with Crippen LogP contribution in [0.25, 0.3) is 0 Å². The zero-order chi connectivity index (χ0) is 12.8. The molecule has 0 saturated heterocycles.